The number of H-pyrrole nitrogens is 1. The number of aliphatic carboxylic acids is 1. The van der Waals surface area contributed by atoms with Crippen molar-refractivity contribution in [3.63, 3.8) is 0 Å². The van der Waals surface area contributed by atoms with E-state index >= 15 is 0 Å². The van der Waals surface area contributed by atoms with Crippen LogP contribution in [0.1, 0.15) is 24.1 Å². The number of carboxylic acid groups (broad SMARTS) is 1. The number of nitrogens with two attached hydrogens (primary N) is 1. The average molecular weight is 399 g/mol. The Kier molecular flexibility index (Phi) is 6.61. The van der Waals surface area contributed by atoms with Gasteiger partial charge in [0.25, 0.3) is 0 Å². The summed E-state index contributed by atoms with van der Waals surface area (Å²) in [5.41, 5.74) is 7.57. The average Bonchev–Trinajstić information content (AvgIpc) is 3.39. The minimum Gasteiger partial charge on any atom is -0.480 e. The molecule has 2 heterocycles. The van der Waals surface area contributed by atoms with Crippen LogP contribution in [0.4, 0.5) is 0 Å². The maximum atomic E-state index is 13.1. The molecule has 1 aliphatic heterocycles. The lowest BCUT2D eigenvalue weighted by Gasteiger charge is -2.28. The Labute approximate surface area is 168 Å². The fourth-order valence-electron chi connectivity index (χ4n) is 3.54. The van der Waals surface area contributed by atoms with Gasteiger partial charge in [-0.3, -0.25) is 9.59 Å². The van der Waals surface area contributed by atoms with Gasteiger partial charge in [0.2, 0.25) is 11.8 Å². The second kappa shape index (κ2) is 9.33. The molecule has 1 saturated heterocycles. The number of carboxylic acids is 1. The number of benzene rings is 1. The molecule has 29 heavy (non-hydrogen) atoms. The third-order valence-corrected chi connectivity index (χ3v) is 5.05. The van der Waals surface area contributed by atoms with Gasteiger partial charge in [-0.25, -0.2) is 9.78 Å². The van der Waals surface area contributed by atoms with E-state index < -0.39 is 35.9 Å². The zero-order valence-corrected chi connectivity index (χ0v) is 16.0. The number of hydrogen-bond donors (Lipinski definition) is 4. The molecule has 5 N–H and O–H groups in total. The van der Waals surface area contributed by atoms with Crippen LogP contribution in [0.2, 0.25) is 0 Å². The van der Waals surface area contributed by atoms with Crippen molar-refractivity contribution in [1.82, 2.24) is 20.2 Å². The van der Waals surface area contributed by atoms with Crippen molar-refractivity contribution < 1.29 is 19.5 Å². The molecule has 0 spiro atoms. The fraction of sp³-hybridized carbons (Fsp3) is 0.400. The second-order valence-corrected chi connectivity index (χ2v) is 7.17. The summed E-state index contributed by atoms with van der Waals surface area (Å²) in [4.78, 5) is 45.4. The SMILES string of the molecule is NC(Cc1cnc[nH]1)C(=O)NC(Cc1ccccc1)C(=O)N1CCCC1C(=O)O. The first kappa shape index (κ1) is 20.5. The maximum absolute atomic E-state index is 13.1. The number of hydrogen-bond acceptors (Lipinski definition) is 5. The summed E-state index contributed by atoms with van der Waals surface area (Å²) in [6, 6.07) is 6.65. The van der Waals surface area contributed by atoms with Gasteiger partial charge in [0.05, 0.1) is 12.4 Å². The third kappa shape index (κ3) is 5.20. The van der Waals surface area contributed by atoms with Crippen molar-refractivity contribution in [3.8, 4) is 0 Å². The Morgan fingerprint density at radius 1 is 1.28 bits per heavy atom. The van der Waals surface area contributed by atoms with Gasteiger partial charge < -0.3 is 26.0 Å². The van der Waals surface area contributed by atoms with Crippen molar-refractivity contribution in [1.29, 1.82) is 0 Å². The third-order valence-electron chi connectivity index (χ3n) is 5.05. The normalized spacial score (nSPS) is 18.2. The van der Waals surface area contributed by atoms with Crippen LogP contribution in [0.15, 0.2) is 42.9 Å². The van der Waals surface area contributed by atoms with E-state index in [9.17, 15) is 19.5 Å². The van der Waals surface area contributed by atoms with Gasteiger partial charge >= 0.3 is 5.97 Å². The van der Waals surface area contributed by atoms with Crippen molar-refractivity contribution in [2.75, 3.05) is 6.54 Å². The van der Waals surface area contributed by atoms with E-state index in [1.807, 2.05) is 30.3 Å². The molecule has 0 saturated carbocycles. The van der Waals surface area contributed by atoms with Crippen molar-refractivity contribution >= 4 is 17.8 Å². The monoisotopic (exact) mass is 399 g/mol. The molecule has 1 aromatic heterocycles. The highest BCUT2D eigenvalue weighted by Crippen LogP contribution is 2.19. The molecule has 0 radical (unpaired) electrons. The zero-order chi connectivity index (χ0) is 20.8. The van der Waals surface area contributed by atoms with Crippen LogP contribution in [-0.2, 0) is 27.2 Å². The Hall–Kier alpha value is -3.20. The minimum atomic E-state index is -1.03. The van der Waals surface area contributed by atoms with Crippen LogP contribution in [0.25, 0.3) is 0 Å². The molecular formula is C20H25N5O4. The molecular weight excluding hydrogens is 374 g/mol. The molecule has 154 valence electrons. The van der Waals surface area contributed by atoms with Gasteiger partial charge in [-0.15, -0.1) is 0 Å². The summed E-state index contributed by atoms with van der Waals surface area (Å²) in [5.74, 6) is -1.91. The molecule has 2 aromatic rings. The first-order valence-electron chi connectivity index (χ1n) is 9.56. The Morgan fingerprint density at radius 3 is 2.69 bits per heavy atom. The Morgan fingerprint density at radius 2 is 2.03 bits per heavy atom. The number of aromatic amines is 1. The number of aromatic nitrogens is 2. The summed E-state index contributed by atoms with van der Waals surface area (Å²) in [5, 5.41) is 12.1. The van der Waals surface area contributed by atoms with Gasteiger partial charge in [-0.05, 0) is 18.4 Å². The van der Waals surface area contributed by atoms with Crippen LogP contribution < -0.4 is 11.1 Å². The lowest BCUT2D eigenvalue weighted by molar-refractivity contribution is -0.149. The van der Waals surface area contributed by atoms with Gasteiger partial charge in [-0.2, -0.15) is 0 Å². The Balaban J connectivity index is 1.74. The molecule has 2 amide bonds. The summed E-state index contributed by atoms with van der Waals surface area (Å²) < 4.78 is 0. The van der Waals surface area contributed by atoms with Gasteiger partial charge in [-0.1, -0.05) is 30.3 Å². The van der Waals surface area contributed by atoms with Crippen LogP contribution in [0, 0.1) is 0 Å². The van der Waals surface area contributed by atoms with Crippen LogP contribution in [0.5, 0.6) is 0 Å². The predicted molar refractivity (Wildman–Crippen MR) is 105 cm³/mol. The van der Waals surface area contributed by atoms with E-state index in [2.05, 4.69) is 15.3 Å². The highest BCUT2D eigenvalue weighted by Gasteiger charge is 2.38. The number of imidazole rings is 1. The van der Waals surface area contributed by atoms with E-state index in [1.54, 1.807) is 6.20 Å². The van der Waals surface area contributed by atoms with E-state index in [0.717, 1.165) is 5.56 Å². The molecule has 0 aliphatic carbocycles. The number of carbonyl (C=O) groups is 3. The van der Waals surface area contributed by atoms with E-state index in [0.29, 0.717) is 25.1 Å². The smallest absolute Gasteiger partial charge is 0.326 e. The first-order valence-corrected chi connectivity index (χ1v) is 9.56. The van der Waals surface area contributed by atoms with Gasteiger partial charge in [0, 0.05) is 31.3 Å². The van der Waals surface area contributed by atoms with Crippen LogP contribution in [0.3, 0.4) is 0 Å². The van der Waals surface area contributed by atoms with Crippen molar-refractivity contribution in [2.45, 2.75) is 43.8 Å². The van der Waals surface area contributed by atoms with Crippen LogP contribution >= 0.6 is 0 Å². The minimum absolute atomic E-state index is 0.250. The molecule has 9 nitrogen and oxygen atoms in total. The molecule has 1 fully saturated rings. The maximum Gasteiger partial charge on any atom is 0.326 e. The number of carbonyl (C=O) groups excluding carboxylic acids is 2. The first-order chi connectivity index (χ1) is 14.0. The predicted octanol–water partition coefficient (Wildman–Crippen LogP) is 0.0826. The largest absolute Gasteiger partial charge is 0.480 e. The van der Waals surface area contributed by atoms with Crippen molar-refractivity contribution in [3.05, 3.63) is 54.1 Å². The summed E-state index contributed by atoms with van der Waals surface area (Å²) in [6.07, 6.45) is 4.62. The molecule has 0 bridgehead atoms. The molecule has 1 aromatic carbocycles. The quantitative estimate of drug-likeness (QED) is 0.495. The second-order valence-electron chi connectivity index (χ2n) is 7.17. The lowest BCUT2D eigenvalue weighted by atomic mass is 10.0. The standard InChI is InChI=1S/C20H25N5O4/c21-15(10-14-11-22-12-23-14)18(26)24-16(9-13-5-2-1-3-6-13)19(27)25-8-4-7-17(25)20(28)29/h1-3,5-6,11-12,15-17H,4,7-10,21H2,(H,22,23)(H,24,26)(H,28,29). The number of rotatable bonds is 8. The van der Waals surface area contributed by atoms with Crippen molar-refractivity contribution in [2.24, 2.45) is 5.73 Å². The molecule has 3 rings (SSSR count). The van der Waals surface area contributed by atoms with Gasteiger partial charge in [0.15, 0.2) is 0 Å². The van der Waals surface area contributed by atoms with E-state index in [4.69, 9.17) is 5.73 Å². The number of likely N-dealkylation sites (tertiary alicyclic amines) is 1. The molecule has 3 unspecified atom stereocenters. The summed E-state index contributed by atoms with van der Waals surface area (Å²) >= 11 is 0. The zero-order valence-electron chi connectivity index (χ0n) is 16.0. The summed E-state index contributed by atoms with van der Waals surface area (Å²) in [7, 11) is 0. The highest BCUT2D eigenvalue weighted by molar-refractivity contribution is 5.92. The topological polar surface area (TPSA) is 141 Å². The van der Waals surface area contributed by atoms with E-state index in [-0.39, 0.29) is 12.8 Å². The van der Waals surface area contributed by atoms with E-state index in [1.165, 1.54) is 11.2 Å². The highest BCUT2D eigenvalue weighted by atomic mass is 16.4. The fourth-order valence-corrected chi connectivity index (χ4v) is 3.54. The van der Waals surface area contributed by atoms with Crippen LogP contribution in [-0.4, -0.2) is 62.4 Å². The molecule has 3 atom stereocenters. The molecule has 1 aliphatic rings. The number of amides is 2. The number of nitrogens with zero attached hydrogens (tertiary/aromatic N) is 2. The lowest BCUT2D eigenvalue weighted by Crippen LogP contribution is -2.55. The molecule has 9 heteroatoms. The summed E-state index contributed by atoms with van der Waals surface area (Å²) in [6.45, 7) is 0.358. The Bertz CT molecular complexity index is 840. The van der Waals surface area contributed by atoms with Gasteiger partial charge in [0.1, 0.15) is 12.1 Å². The number of nitrogens with one attached hydrogen (secondary N) is 2.